The first-order chi connectivity index (χ1) is 14.0. The van der Waals surface area contributed by atoms with Crippen molar-refractivity contribution in [1.29, 1.82) is 5.26 Å². The average molecular weight is 527 g/mol. The third kappa shape index (κ3) is 5.98. The molecule has 0 spiro atoms. The molecule has 1 saturated heterocycles. The van der Waals surface area contributed by atoms with Crippen LogP contribution in [0.3, 0.4) is 0 Å². The molecule has 0 amide bonds. The van der Waals surface area contributed by atoms with Crippen molar-refractivity contribution in [1.82, 2.24) is 9.55 Å². The molecule has 5 atom stereocenters. The van der Waals surface area contributed by atoms with Crippen molar-refractivity contribution in [3.63, 3.8) is 0 Å². The van der Waals surface area contributed by atoms with Crippen molar-refractivity contribution in [3.8, 4) is 6.07 Å². The molecule has 0 aromatic carbocycles. The number of nitrogen functional groups attached to an aromatic ring is 1. The van der Waals surface area contributed by atoms with Gasteiger partial charge in [-0.15, -0.1) is 0 Å². The number of phosphoric ester groups is 1. The second-order valence-electron chi connectivity index (χ2n) is 5.88. The highest BCUT2D eigenvalue weighted by molar-refractivity contribution is 7.66. The number of nitrogens with zero attached hydrogens (tertiary/aromatic N) is 3. The molecule has 1 aromatic heterocycles. The van der Waals surface area contributed by atoms with Crippen molar-refractivity contribution < 1.29 is 56.3 Å². The zero-order valence-electron chi connectivity index (χ0n) is 14.8. The number of aliphatic hydroxyl groups is 1. The predicted molar refractivity (Wildman–Crippen MR) is 96.9 cm³/mol. The Kier molecular flexibility index (Phi) is 7.24. The Morgan fingerprint density at radius 3 is 2.45 bits per heavy atom. The van der Waals surface area contributed by atoms with E-state index in [1.165, 1.54) is 6.07 Å². The van der Waals surface area contributed by atoms with Gasteiger partial charge in [0.05, 0.1) is 6.61 Å². The van der Waals surface area contributed by atoms with Crippen LogP contribution in [0.2, 0.25) is 0 Å². The van der Waals surface area contributed by atoms with E-state index in [9.17, 15) is 33.8 Å². The van der Waals surface area contributed by atoms with Gasteiger partial charge < -0.3 is 35.2 Å². The van der Waals surface area contributed by atoms with Crippen LogP contribution in [0.5, 0.6) is 0 Å². The molecule has 2 unspecified atom stereocenters. The van der Waals surface area contributed by atoms with Gasteiger partial charge in [0.1, 0.15) is 24.6 Å². The fourth-order valence-corrected chi connectivity index (χ4v) is 5.78. The van der Waals surface area contributed by atoms with Gasteiger partial charge in [0.2, 0.25) is 5.60 Å². The van der Waals surface area contributed by atoms with Crippen LogP contribution in [0.25, 0.3) is 0 Å². The van der Waals surface area contributed by atoms with Crippen molar-refractivity contribution in [3.05, 3.63) is 22.7 Å². The number of alkyl halides is 1. The normalized spacial score (nSPS) is 30.3. The molecule has 21 heteroatoms. The molecule has 0 saturated carbocycles. The molecule has 2 rings (SSSR count). The third-order valence-corrected chi connectivity index (χ3v) is 7.95. The maximum Gasteiger partial charge on any atom is 0.490 e. The Hall–Kier alpha value is -1.21. The highest BCUT2D eigenvalue weighted by Gasteiger charge is 2.61. The summed E-state index contributed by atoms with van der Waals surface area (Å²) in [5, 5.41) is 20.0. The van der Waals surface area contributed by atoms with Crippen LogP contribution in [0.15, 0.2) is 17.1 Å². The highest BCUT2D eigenvalue weighted by atomic mass is 35.5. The van der Waals surface area contributed by atoms with Gasteiger partial charge in [-0.2, -0.15) is 18.9 Å². The average Bonchev–Trinajstić information content (AvgIpc) is 2.83. The van der Waals surface area contributed by atoms with E-state index in [0.29, 0.717) is 4.57 Å². The number of nitrogens with two attached hydrogens (primary N) is 1. The lowest BCUT2D eigenvalue weighted by molar-refractivity contribution is -0.0509. The number of rotatable bonds is 8. The van der Waals surface area contributed by atoms with Gasteiger partial charge in [0, 0.05) is 6.20 Å². The molecule has 174 valence electrons. The number of phosphoric acid groups is 3. The number of ether oxygens (including phenoxy) is 1. The molecule has 1 aliphatic rings. The van der Waals surface area contributed by atoms with E-state index < -0.39 is 59.1 Å². The summed E-state index contributed by atoms with van der Waals surface area (Å²) in [5.74, 6) is -0.172. The lowest BCUT2D eigenvalue weighted by atomic mass is 9.96. The summed E-state index contributed by atoms with van der Waals surface area (Å²) in [6, 6.07) is 2.59. The Labute approximate surface area is 177 Å². The van der Waals surface area contributed by atoms with Gasteiger partial charge in [-0.05, 0) is 6.07 Å². The number of nitriles is 1. The van der Waals surface area contributed by atoms with E-state index >= 15 is 0 Å². The molecule has 2 heterocycles. The van der Waals surface area contributed by atoms with Crippen LogP contribution in [0.4, 0.5) is 5.82 Å². The standard InChI is InChI=1S/C10H14ClN4O13P3/c11-10(15-2-1-6(13)14-8(15)17)5-25-9(3-12,7(10)16)4-26-30(21,22)28-31(23,24)27-29(18,19)20/h1-2,7,16H,4-5H2,(H,21,22)(H,23,24)(H2,13,14,17)(H2,18,19,20)/t7-,9-,10+/m1/s1. The molecule has 31 heavy (non-hydrogen) atoms. The van der Waals surface area contributed by atoms with Gasteiger partial charge in [0.15, 0.2) is 5.00 Å². The zero-order chi connectivity index (χ0) is 23.9. The lowest BCUT2D eigenvalue weighted by Crippen LogP contribution is -2.52. The lowest BCUT2D eigenvalue weighted by Gasteiger charge is -2.30. The number of anilines is 1. The van der Waals surface area contributed by atoms with Crippen LogP contribution in [-0.4, -0.2) is 59.2 Å². The summed E-state index contributed by atoms with van der Waals surface area (Å²) in [5.41, 5.74) is 1.82. The first kappa shape index (κ1) is 26.0. The molecule has 0 bridgehead atoms. The van der Waals surface area contributed by atoms with Crippen LogP contribution >= 0.6 is 35.1 Å². The fourth-order valence-electron chi connectivity index (χ4n) is 2.37. The fraction of sp³-hybridized carbons (Fsp3) is 0.500. The molecular formula is C10H14ClN4O13P3. The first-order valence-electron chi connectivity index (χ1n) is 7.51. The molecule has 1 fully saturated rings. The summed E-state index contributed by atoms with van der Waals surface area (Å²) < 4.78 is 51.0. The minimum absolute atomic E-state index is 0.172. The van der Waals surface area contributed by atoms with Crippen LogP contribution in [-0.2, 0) is 36.6 Å². The molecular weight excluding hydrogens is 513 g/mol. The van der Waals surface area contributed by atoms with E-state index in [1.54, 1.807) is 0 Å². The Morgan fingerprint density at radius 1 is 1.32 bits per heavy atom. The summed E-state index contributed by atoms with van der Waals surface area (Å²) in [6.45, 7) is -2.03. The maximum absolute atomic E-state index is 12.0. The second kappa shape index (κ2) is 8.62. The quantitative estimate of drug-likeness (QED) is 0.170. The Morgan fingerprint density at radius 2 is 1.94 bits per heavy atom. The Bertz CT molecular complexity index is 1100. The minimum atomic E-state index is -5.81. The molecule has 1 aromatic rings. The second-order valence-corrected chi connectivity index (χ2v) is 11.0. The van der Waals surface area contributed by atoms with Crippen LogP contribution < -0.4 is 11.4 Å². The van der Waals surface area contributed by atoms with Gasteiger partial charge in [0.25, 0.3) is 0 Å². The van der Waals surface area contributed by atoms with E-state index in [1.807, 2.05) is 0 Å². The zero-order valence-corrected chi connectivity index (χ0v) is 18.2. The van der Waals surface area contributed by atoms with Gasteiger partial charge in [-0.1, -0.05) is 11.6 Å². The summed E-state index contributed by atoms with van der Waals surface area (Å²) in [6.07, 6.45) is -1.07. The Balaban J connectivity index is 2.23. The SMILES string of the molecule is N#C[C@]1(COP(=O)(O)OP(=O)(O)OP(=O)(O)O)OC[C@](Cl)(n2ccc(N)nc2=O)[C@@H]1O. The first-order valence-corrected chi connectivity index (χ1v) is 12.4. The number of hydrogen-bond donors (Lipinski definition) is 6. The number of aliphatic hydroxyl groups excluding tert-OH is 1. The van der Waals surface area contributed by atoms with Crippen LogP contribution in [0, 0.1) is 11.3 Å². The summed E-state index contributed by atoms with van der Waals surface area (Å²) in [7, 11) is -17.0. The predicted octanol–water partition coefficient (Wildman–Crippen LogP) is -1.29. The monoisotopic (exact) mass is 526 g/mol. The molecule has 0 radical (unpaired) electrons. The summed E-state index contributed by atoms with van der Waals surface area (Å²) in [4.78, 5) is 48.9. The van der Waals surface area contributed by atoms with E-state index in [-0.39, 0.29) is 5.82 Å². The maximum atomic E-state index is 12.0. The van der Waals surface area contributed by atoms with Crippen molar-refractivity contribution in [2.45, 2.75) is 16.7 Å². The number of halogens is 1. The number of hydrogen-bond acceptors (Lipinski definition) is 12. The van der Waals surface area contributed by atoms with Gasteiger partial charge >= 0.3 is 29.2 Å². The third-order valence-electron chi connectivity index (χ3n) is 3.67. The van der Waals surface area contributed by atoms with Gasteiger partial charge in [-0.3, -0.25) is 9.09 Å². The van der Waals surface area contributed by atoms with Crippen molar-refractivity contribution in [2.75, 3.05) is 18.9 Å². The van der Waals surface area contributed by atoms with Crippen LogP contribution in [0.1, 0.15) is 0 Å². The van der Waals surface area contributed by atoms with Gasteiger partial charge in [-0.25, -0.2) is 18.5 Å². The number of aromatic nitrogens is 2. The molecule has 7 N–H and O–H groups in total. The smallest absolute Gasteiger partial charge is 0.385 e. The van der Waals surface area contributed by atoms with Crippen molar-refractivity contribution in [2.24, 2.45) is 0 Å². The highest BCUT2D eigenvalue weighted by Crippen LogP contribution is 2.66. The topological polar surface area (TPSA) is 274 Å². The molecule has 0 aliphatic carbocycles. The van der Waals surface area contributed by atoms with E-state index in [2.05, 4.69) is 18.1 Å². The largest absolute Gasteiger partial charge is 0.490 e. The van der Waals surface area contributed by atoms with Crippen molar-refractivity contribution >= 4 is 40.9 Å². The molecule has 1 aliphatic heterocycles. The minimum Gasteiger partial charge on any atom is -0.385 e. The summed E-state index contributed by atoms with van der Waals surface area (Å²) >= 11 is 6.24. The molecule has 17 nitrogen and oxygen atoms in total. The van der Waals surface area contributed by atoms with E-state index in [4.69, 9.17) is 36.8 Å². The van der Waals surface area contributed by atoms with E-state index in [0.717, 1.165) is 12.3 Å².